The normalized spacial score (nSPS) is 17.2. The number of ether oxygens (including phenoxy) is 1. The summed E-state index contributed by atoms with van der Waals surface area (Å²) in [5, 5.41) is 5.15. The van der Waals surface area contributed by atoms with E-state index in [-0.39, 0.29) is 16.7 Å². The van der Waals surface area contributed by atoms with Gasteiger partial charge in [-0.3, -0.25) is 19.6 Å². The van der Waals surface area contributed by atoms with Gasteiger partial charge in [-0.25, -0.2) is 0 Å². The molecule has 0 spiro atoms. The van der Waals surface area contributed by atoms with E-state index < -0.39 is 0 Å². The number of carbonyl (C=O) groups excluding carboxylic acids is 1. The van der Waals surface area contributed by atoms with Gasteiger partial charge in [0.25, 0.3) is 5.91 Å². The summed E-state index contributed by atoms with van der Waals surface area (Å²) in [5.41, 5.74) is 7.13. The fourth-order valence-corrected chi connectivity index (χ4v) is 4.73. The molecule has 6 nitrogen and oxygen atoms in total. The Bertz CT molecular complexity index is 1150. The molecule has 1 fully saturated rings. The standard InChI is InChI=1S/C31H43N3O3/c1-22-8-9-26(19-27(22)28-10-13-37-34(28)21-30(2,3)4)32-29(35)24-16-23(17-25(18-24)31(5,6)7)20-33-11-14-36-15-12-33/h8-10,16-19H,11-15,20-21H2,1-7H3,(H,32,35). The molecule has 1 amide bonds. The highest BCUT2D eigenvalue weighted by molar-refractivity contribution is 6.04. The number of hydrogen-bond donors (Lipinski definition) is 1. The highest BCUT2D eigenvalue weighted by atomic mass is 16.7. The van der Waals surface area contributed by atoms with Gasteiger partial charge in [-0.2, -0.15) is 0 Å². The predicted octanol–water partition coefficient (Wildman–Crippen LogP) is 6.01. The molecule has 6 heteroatoms. The van der Waals surface area contributed by atoms with Gasteiger partial charge < -0.3 is 10.1 Å². The van der Waals surface area contributed by atoms with Crippen molar-refractivity contribution in [2.75, 3.05) is 44.8 Å². The van der Waals surface area contributed by atoms with Crippen LogP contribution in [-0.4, -0.2) is 55.3 Å². The van der Waals surface area contributed by atoms with Crippen molar-refractivity contribution in [1.29, 1.82) is 0 Å². The topological polar surface area (TPSA) is 54.0 Å². The molecule has 0 radical (unpaired) electrons. The Labute approximate surface area is 222 Å². The van der Waals surface area contributed by atoms with Crippen LogP contribution in [0.3, 0.4) is 0 Å². The zero-order chi connectivity index (χ0) is 26.8. The van der Waals surface area contributed by atoms with E-state index >= 15 is 0 Å². The lowest BCUT2D eigenvalue weighted by Crippen LogP contribution is -2.35. The van der Waals surface area contributed by atoms with Crippen LogP contribution in [0.4, 0.5) is 5.69 Å². The Balaban J connectivity index is 1.57. The van der Waals surface area contributed by atoms with E-state index in [0.717, 1.165) is 67.5 Å². The molecule has 2 aromatic carbocycles. The number of nitrogens with zero attached hydrogens (tertiary/aromatic N) is 2. The maximum atomic E-state index is 13.5. The van der Waals surface area contributed by atoms with Crippen LogP contribution in [0.5, 0.6) is 0 Å². The minimum Gasteiger partial charge on any atom is -0.379 e. The second-order valence-corrected chi connectivity index (χ2v) is 12.5. The lowest BCUT2D eigenvalue weighted by Gasteiger charge is -2.29. The van der Waals surface area contributed by atoms with Gasteiger partial charge in [0.05, 0.1) is 32.1 Å². The second-order valence-electron chi connectivity index (χ2n) is 12.5. The highest BCUT2D eigenvalue weighted by Gasteiger charge is 2.25. The summed E-state index contributed by atoms with van der Waals surface area (Å²) in [4.78, 5) is 21.8. The number of amides is 1. The number of hydrogen-bond acceptors (Lipinski definition) is 5. The molecule has 2 aliphatic heterocycles. The van der Waals surface area contributed by atoms with Gasteiger partial charge in [-0.1, -0.05) is 53.7 Å². The zero-order valence-electron chi connectivity index (χ0n) is 23.6. The molecular formula is C31H43N3O3. The van der Waals surface area contributed by atoms with E-state index in [1.807, 2.05) is 23.3 Å². The third-order valence-electron chi connectivity index (χ3n) is 6.80. The molecule has 1 N–H and O–H groups in total. The van der Waals surface area contributed by atoms with Crippen LogP contribution >= 0.6 is 0 Å². The van der Waals surface area contributed by atoms with Crippen LogP contribution in [0.15, 0.2) is 42.5 Å². The smallest absolute Gasteiger partial charge is 0.255 e. The third-order valence-corrected chi connectivity index (χ3v) is 6.80. The van der Waals surface area contributed by atoms with Crippen molar-refractivity contribution in [3.8, 4) is 0 Å². The van der Waals surface area contributed by atoms with E-state index in [1.54, 1.807) is 0 Å². The Hall–Kier alpha value is -2.67. The SMILES string of the molecule is Cc1ccc(NC(=O)c2cc(CN3CCOCC3)cc(C(C)(C)C)c2)cc1C1=CCON1CC(C)(C)C. The lowest BCUT2D eigenvalue weighted by atomic mass is 9.85. The van der Waals surface area contributed by atoms with Crippen molar-refractivity contribution >= 4 is 17.3 Å². The maximum Gasteiger partial charge on any atom is 0.255 e. The van der Waals surface area contributed by atoms with Crippen molar-refractivity contribution in [3.63, 3.8) is 0 Å². The van der Waals surface area contributed by atoms with Gasteiger partial charge in [0.2, 0.25) is 0 Å². The zero-order valence-corrected chi connectivity index (χ0v) is 23.6. The quantitative estimate of drug-likeness (QED) is 0.521. The molecule has 4 rings (SSSR count). The largest absolute Gasteiger partial charge is 0.379 e. The minimum atomic E-state index is -0.0904. The molecule has 200 valence electrons. The fraction of sp³-hybridized carbons (Fsp3) is 0.516. The van der Waals surface area contributed by atoms with E-state index in [1.165, 1.54) is 5.56 Å². The van der Waals surface area contributed by atoms with Crippen molar-refractivity contribution in [1.82, 2.24) is 9.96 Å². The maximum absolute atomic E-state index is 13.5. The fourth-order valence-electron chi connectivity index (χ4n) is 4.73. The van der Waals surface area contributed by atoms with E-state index in [4.69, 9.17) is 9.57 Å². The lowest BCUT2D eigenvalue weighted by molar-refractivity contribution is -0.0972. The number of hydroxylamine groups is 2. The average molecular weight is 506 g/mol. The molecule has 2 aliphatic rings. The van der Waals surface area contributed by atoms with Gasteiger partial charge in [0.15, 0.2) is 0 Å². The molecule has 0 aliphatic carbocycles. The summed E-state index contributed by atoms with van der Waals surface area (Å²) >= 11 is 0. The van der Waals surface area contributed by atoms with Crippen molar-refractivity contribution in [2.45, 2.75) is 60.4 Å². The number of anilines is 1. The molecule has 2 heterocycles. The first-order chi connectivity index (χ1) is 17.4. The summed E-state index contributed by atoms with van der Waals surface area (Å²) in [7, 11) is 0. The minimum absolute atomic E-state index is 0.0570. The van der Waals surface area contributed by atoms with E-state index in [2.05, 4.69) is 83.0 Å². The van der Waals surface area contributed by atoms with Crippen LogP contribution < -0.4 is 5.32 Å². The Morgan fingerprint density at radius 1 is 1.00 bits per heavy atom. The van der Waals surface area contributed by atoms with Gasteiger partial charge >= 0.3 is 0 Å². The van der Waals surface area contributed by atoms with Crippen LogP contribution in [0.2, 0.25) is 0 Å². The van der Waals surface area contributed by atoms with Crippen molar-refractivity contribution < 1.29 is 14.4 Å². The Kier molecular flexibility index (Phi) is 8.12. The molecule has 0 aromatic heterocycles. The summed E-state index contributed by atoms with van der Waals surface area (Å²) in [6, 6.07) is 12.4. The Morgan fingerprint density at radius 2 is 1.73 bits per heavy atom. The van der Waals surface area contributed by atoms with Crippen molar-refractivity contribution in [3.05, 3.63) is 70.3 Å². The molecule has 1 saturated heterocycles. The van der Waals surface area contributed by atoms with Crippen LogP contribution in [0.25, 0.3) is 5.70 Å². The molecule has 0 atom stereocenters. The monoisotopic (exact) mass is 505 g/mol. The third kappa shape index (κ3) is 7.22. The molecule has 37 heavy (non-hydrogen) atoms. The first kappa shape index (κ1) is 27.4. The van der Waals surface area contributed by atoms with E-state index in [0.29, 0.717) is 12.2 Å². The second kappa shape index (κ2) is 11.0. The van der Waals surface area contributed by atoms with E-state index in [9.17, 15) is 4.79 Å². The van der Waals surface area contributed by atoms with Crippen LogP contribution in [0, 0.1) is 12.3 Å². The number of morpholine rings is 1. The summed E-state index contributed by atoms with van der Waals surface area (Å²) < 4.78 is 5.51. The first-order valence-electron chi connectivity index (χ1n) is 13.4. The van der Waals surface area contributed by atoms with Crippen molar-refractivity contribution in [2.24, 2.45) is 5.41 Å². The number of nitrogens with one attached hydrogen (secondary N) is 1. The molecule has 2 aromatic rings. The molecule has 0 saturated carbocycles. The Morgan fingerprint density at radius 3 is 2.41 bits per heavy atom. The first-order valence-corrected chi connectivity index (χ1v) is 13.4. The van der Waals surface area contributed by atoms with Gasteiger partial charge in [-0.15, -0.1) is 0 Å². The highest BCUT2D eigenvalue weighted by Crippen LogP contribution is 2.32. The summed E-state index contributed by atoms with van der Waals surface area (Å²) in [6.45, 7) is 20.8. The van der Waals surface area contributed by atoms with Crippen LogP contribution in [0.1, 0.15) is 74.2 Å². The van der Waals surface area contributed by atoms with Gasteiger partial charge in [-0.05, 0) is 64.8 Å². The van der Waals surface area contributed by atoms with Gasteiger partial charge in [0.1, 0.15) is 0 Å². The molecule has 0 unspecified atom stereocenters. The summed E-state index contributed by atoms with van der Waals surface area (Å²) in [6.07, 6.45) is 2.12. The summed E-state index contributed by atoms with van der Waals surface area (Å²) in [5.74, 6) is -0.0904. The number of aryl methyl sites for hydroxylation is 1. The average Bonchev–Trinajstić information content (AvgIpc) is 3.26. The van der Waals surface area contributed by atoms with Crippen LogP contribution in [-0.2, 0) is 21.5 Å². The number of benzene rings is 2. The number of carbonyl (C=O) groups is 1. The molecular weight excluding hydrogens is 462 g/mol. The number of rotatable bonds is 6. The van der Waals surface area contributed by atoms with Gasteiger partial charge in [0, 0.05) is 36.4 Å². The molecule has 0 bridgehead atoms. The predicted molar refractivity (Wildman–Crippen MR) is 150 cm³/mol.